The highest BCUT2D eigenvalue weighted by atomic mass is 32.1. The van der Waals surface area contributed by atoms with Crippen molar-refractivity contribution in [3.8, 4) is 0 Å². The van der Waals surface area contributed by atoms with Crippen molar-refractivity contribution in [1.29, 1.82) is 0 Å². The van der Waals surface area contributed by atoms with Gasteiger partial charge < -0.3 is 14.7 Å². The first-order valence-corrected chi connectivity index (χ1v) is 22.9. The number of anilines is 9. The van der Waals surface area contributed by atoms with Gasteiger partial charge >= 0.3 is 0 Å². The molecule has 3 aliphatic rings. The fraction of sp³-hybridized carbons (Fsp3) is 0.214. The molecule has 0 atom stereocenters. The largest absolute Gasteiger partial charge is 0.311 e. The SMILES string of the molecule is CC(C)(C)c1ccc(N(c2ccc3c(c2)N(c2ccccc2)c2cccc4c2B3c2sc3c(c2N4c2ccccc2)CCCC3)c2ccc(C(C)(C)C)c3ccccc23)cc1. The highest BCUT2D eigenvalue weighted by Crippen LogP contribution is 2.50. The number of rotatable bonds is 5. The van der Waals surface area contributed by atoms with Gasteiger partial charge in [0, 0.05) is 54.9 Å². The number of nitrogens with zero attached hydrogens (tertiary/aromatic N) is 3. The molecule has 2 aliphatic heterocycles. The van der Waals surface area contributed by atoms with Gasteiger partial charge in [-0.1, -0.05) is 133 Å². The molecule has 5 heteroatoms. The van der Waals surface area contributed by atoms with Gasteiger partial charge in [0.1, 0.15) is 0 Å². The monoisotopic (exact) mass is 809 g/mol. The highest BCUT2D eigenvalue weighted by Gasteiger charge is 2.46. The first-order valence-electron chi connectivity index (χ1n) is 22.1. The summed E-state index contributed by atoms with van der Waals surface area (Å²) in [7, 11) is 0. The van der Waals surface area contributed by atoms with Crippen LogP contribution < -0.4 is 30.4 Å². The van der Waals surface area contributed by atoms with E-state index in [0.29, 0.717) is 0 Å². The molecule has 11 rings (SSSR count). The van der Waals surface area contributed by atoms with Gasteiger partial charge in [-0.25, -0.2) is 0 Å². The van der Waals surface area contributed by atoms with Crippen LogP contribution in [-0.4, -0.2) is 6.71 Å². The van der Waals surface area contributed by atoms with Gasteiger partial charge in [-0.15, -0.1) is 0 Å². The first kappa shape index (κ1) is 37.9. The first-order chi connectivity index (χ1) is 29.6. The average Bonchev–Trinajstić information content (AvgIpc) is 3.66. The van der Waals surface area contributed by atoms with Crippen molar-refractivity contribution in [3.63, 3.8) is 0 Å². The van der Waals surface area contributed by atoms with Gasteiger partial charge in [0.2, 0.25) is 0 Å². The van der Waals surface area contributed by atoms with Gasteiger partial charge in [0.15, 0.2) is 0 Å². The standard InChI is InChI=1S/C56H52BN3S/c1-55(2,3)37-28-30-40(31-29-37)58(47-35-33-45(56(4,5)6)42-22-13-14-23-43(42)47)41-32-34-46-50(36-41)59(38-18-9-7-10-19-38)48-25-17-26-49-52(48)57(46)54-53(44-24-15-16-27-51(44)61-54)60(49)39-20-11-8-12-21-39/h7-14,17-23,25-26,28-36H,15-16,24,27H2,1-6H3. The summed E-state index contributed by atoms with van der Waals surface area (Å²) in [5, 5.41) is 2.55. The molecule has 61 heavy (non-hydrogen) atoms. The Labute approximate surface area is 366 Å². The van der Waals surface area contributed by atoms with Crippen molar-refractivity contribution in [3.05, 3.63) is 179 Å². The van der Waals surface area contributed by atoms with Gasteiger partial charge in [-0.2, -0.15) is 11.3 Å². The van der Waals surface area contributed by atoms with Crippen molar-refractivity contribution in [2.45, 2.75) is 78.1 Å². The average molecular weight is 810 g/mol. The minimum atomic E-state index is 0.00151. The predicted octanol–water partition coefficient (Wildman–Crippen LogP) is 13.9. The number of hydrogen-bond donors (Lipinski definition) is 0. The van der Waals surface area contributed by atoms with E-state index in [1.54, 1.807) is 10.4 Å². The van der Waals surface area contributed by atoms with Crippen LogP contribution in [0.2, 0.25) is 0 Å². The molecule has 1 aliphatic carbocycles. The number of thiophene rings is 1. The topological polar surface area (TPSA) is 9.72 Å². The summed E-state index contributed by atoms with van der Waals surface area (Å²) in [5.74, 6) is 0. The minimum Gasteiger partial charge on any atom is -0.311 e. The van der Waals surface area contributed by atoms with Crippen molar-refractivity contribution < 1.29 is 0 Å². The van der Waals surface area contributed by atoms with Gasteiger partial charge in [-0.3, -0.25) is 0 Å². The summed E-state index contributed by atoms with van der Waals surface area (Å²) in [6.07, 6.45) is 4.81. The van der Waals surface area contributed by atoms with Crippen LogP contribution in [0.15, 0.2) is 158 Å². The van der Waals surface area contributed by atoms with E-state index in [1.165, 1.54) is 91.0 Å². The lowest BCUT2D eigenvalue weighted by atomic mass is 9.36. The van der Waals surface area contributed by atoms with Gasteiger partial charge in [-0.05, 0) is 136 Å². The fourth-order valence-electron chi connectivity index (χ4n) is 10.4. The molecular formula is C56H52BN3S. The second-order valence-electron chi connectivity index (χ2n) is 19.2. The summed E-state index contributed by atoms with van der Waals surface area (Å²) in [6.45, 7) is 14.0. The summed E-state index contributed by atoms with van der Waals surface area (Å²) < 4.78 is 1.48. The Kier molecular flexibility index (Phi) is 8.88. The van der Waals surface area contributed by atoms with Crippen LogP contribution >= 0.6 is 11.3 Å². The van der Waals surface area contributed by atoms with E-state index in [2.05, 4.69) is 225 Å². The van der Waals surface area contributed by atoms with Crippen molar-refractivity contribution in [2.24, 2.45) is 0 Å². The maximum atomic E-state index is 2.60. The molecule has 3 nitrogen and oxygen atoms in total. The molecule has 0 fully saturated rings. The third-order valence-electron chi connectivity index (χ3n) is 13.3. The third-order valence-corrected chi connectivity index (χ3v) is 14.6. The number of fused-ring (bicyclic) bond motifs is 7. The zero-order valence-electron chi connectivity index (χ0n) is 36.2. The Balaban J connectivity index is 1.18. The molecule has 8 aromatic rings. The number of para-hydroxylation sites is 2. The molecule has 1 aromatic heterocycles. The van der Waals surface area contributed by atoms with Crippen LogP contribution in [-0.2, 0) is 23.7 Å². The molecule has 0 spiro atoms. The molecule has 0 saturated heterocycles. The molecule has 300 valence electrons. The van der Waals surface area contributed by atoms with Crippen LogP contribution in [0.4, 0.5) is 51.2 Å². The maximum absolute atomic E-state index is 2.60. The predicted molar refractivity (Wildman–Crippen MR) is 265 cm³/mol. The molecule has 0 bridgehead atoms. The number of hydrogen-bond acceptors (Lipinski definition) is 4. The molecule has 0 saturated carbocycles. The van der Waals surface area contributed by atoms with Crippen LogP contribution in [0, 0.1) is 0 Å². The maximum Gasteiger partial charge on any atom is 0.264 e. The smallest absolute Gasteiger partial charge is 0.264 e. The van der Waals surface area contributed by atoms with E-state index in [-0.39, 0.29) is 17.5 Å². The summed E-state index contributed by atoms with van der Waals surface area (Å²) in [6, 6.07) is 59.5. The lowest BCUT2D eigenvalue weighted by molar-refractivity contribution is 0.590. The van der Waals surface area contributed by atoms with E-state index in [4.69, 9.17) is 0 Å². The Morgan fingerprint density at radius 2 is 1.16 bits per heavy atom. The Hall–Kier alpha value is -6.04. The van der Waals surface area contributed by atoms with E-state index in [9.17, 15) is 0 Å². The Morgan fingerprint density at radius 3 is 1.85 bits per heavy atom. The quantitative estimate of drug-likeness (QED) is 0.160. The zero-order chi connectivity index (χ0) is 41.6. The van der Waals surface area contributed by atoms with E-state index in [1.807, 2.05) is 0 Å². The summed E-state index contributed by atoms with van der Waals surface area (Å²) in [4.78, 5) is 9.22. The summed E-state index contributed by atoms with van der Waals surface area (Å²) in [5.41, 5.74) is 18.1. The second kappa shape index (κ2) is 14.3. The van der Waals surface area contributed by atoms with Crippen molar-refractivity contribution >= 4 is 95.7 Å². The molecule has 7 aromatic carbocycles. The highest BCUT2D eigenvalue weighted by molar-refractivity contribution is 7.29. The molecule has 0 amide bonds. The lowest BCUT2D eigenvalue weighted by Crippen LogP contribution is -2.60. The van der Waals surface area contributed by atoms with Crippen molar-refractivity contribution in [2.75, 3.05) is 14.7 Å². The molecule has 0 N–H and O–H groups in total. The second-order valence-corrected chi connectivity index (χ2v) is 20.3. The van der Waals surface area contributed by atoms with Crippen LogP contribution in [0.1, 0.15) is 76.0 Å². The van der Waals surface area contributed by atoms with Crippen LogP contribution in [0.5, 0.6) is 0 Å². The zero-order valence-corrected chi connectivity index (χ0v) is 37.0. The number of benzene rings is 7. The molecule has 3 heterocycles. The molecule has 0 radical (unpaired) electrons. The Morgan fingerprint density at radius 1 is 0.541 bits per heavy atom. The number of aryl methyl sites for hydroxylation is 1. The van der Waals surface area contributed by atoms with E-state index < -0.39 is 0 Å². The normalized spacial score (nSPS) is 14.4. The molecule has 0 unspecified atom stereocenters. The van der Waals surface area contributed by atoms with Crippen LogP contribution in [0.3, 0.4) is 0 Å². The van der Waals surface area contributed by atoms with Crippen molar-refractivity contribution in [1.82, 2.24) is 0 Å². The van der Waals surface area contributed by atoms with E-state index >= 15 is 0 Å². The minimum absolute atomic E-state index is 0.00151. The molecular weight excluding hydrogens is 758 g/mol. The summed E-state index contributed by atoms with van der Waals surface area (Å²) >= 11 is 2.08. The third kappa shape index (κ3) is 6.15. The Bertz CT molecular complexity index is 2960. The van der Waals surface area contributed by atoms with Gasteiger partial charge in [0.05, 0.1) is 11.4 Å². The fourth-order valence-corrected chi connectivity index (χ4v) is 11.9. The lowest BCUT2D eigenvalue weighted by Gasteiger charge is -2.43. The van der Waals surface area contributed by atoms with E-state index in [0.717, 1.165) is 23.5 Å². The van der Waals surface area contributed by atoms with Gasteiger partial charge in [0.25, 0.3) is 6.71 Å². The van der Waals surface area contributed by atoms with Crippen LogP contribution in [0.25, 0.3) is 10.8 Å².